The first kappa shape index (κ1) is 13.6. The third kappa shape index (κ3) is 3.59. The molecule has 3 nitrogen and oxygen atoms in total. The number of hydrogen-bond donors (Lipinski definition) is 1. The van der Waals surface area contributed by atoms with E-state index in [4.69, 9.17) is 4.42 Å². The zero-order valence-corrected chi connectivity index (χ0v) is 12.0. The predicted octanol–water partition coefficient (Wildman–Crippen LogP) is 3.07. The number of hydrogen-bond acceptors (Lipinski definition) is 3. The summed E-state index contributed by atoms with van der Waals surface area (Å²) in [6.45, 7) is 10.6. The lowest BCUT2D eigenvalue weighted by atomic mass is 10.2. The van der Waals surface area contributed by atoms with Crippen LogP contribution in [-0.2, 0) is 13.1 Å². The molecule has 1 fully saturated rings. The number of rotatable bonds is 8. The molecule has 1 aliphatic rings. The van der Waals surface area contributed by atoms with E-state index >= 15 is 0 Å². The average Bonchev–Trinajstić information content (AvgIpc) is 3.13. The van der Waals surface area contributed by atoms with Gasteiger partial charge in [-0.05, 0) is 45.3 Å². The molecule has 1 heterocycles. The SMILES string of the molecule is CCCNCc1cc(CN(CC)C2CC2)c(C)o1. The second kappa shape index (κ2) is 6.39. The summed E-state index contributed by atoms with van der Waals surface area (Å²) in [7, 11) is 0. The molecule has 102 valence electrons. The minimum atomic E-state index is 0.825. The van der Waals surface area contributed by atoms with Crippen LogP contribution in [0.4, 0.5) is 0 Å². The predicted molar refractivity (Wildman–Crippen MR) is 74.5 cm³/mol. The van der Waals surface area contributed by atoms with Crippen LogP contribution in [0.2, 0.25) is 0 Å². The molecule has 3 heteroatoms. The lowest BCUT2D eigenvalue weighted by Gasteiger charge is -2.18. The Hall–Kier alpha value is -0.800. The molecule has 0 unspecified atom stereocenters. The molecule has 0 radical (unpaired) electrons. The maximum absolute atomic E-state index is 5.82. The lowest BCUT2D eigenvalue weighted by Crippen LogP contribution is -2.25. The Bertz CT molecular complexity index is 369. The molecule has 0 spiro atoms. The van der Waals surface area contributed by atoms with E-state index in [1.54, 1.807) is 0 Å². The van der Waals surface area contributed by atoms with Gasteiger partial charge >= 0.3 is 0 Å². The van der Waals surface area contributed by atoms with Crippen LogP contribution in [0.5, 0.6) is 0 Å². The van der Waals surface area contributed by atoms with Crippen LogP contribution in [0.15, 0.2) is 10.5 Å². The fourth-order valence-electron chi connectivity index (χ4n) is 2.38. The topological polar surface area (TPSA) is 28.4 Å². The van der Waals surface area contributed by atoms with Crippen LogP contribution in [0.3, 0.4) is 0 Å². The van der Waals surface area contributed by atoms with Crippen LogP contribution in [0, 0.1) is 6.92 Å². The molecule has 0 aromatic carbocycles. The van der Waals surface area contributed by atoms with E-state index in [2.05, 4.69) is 37.1 Å². The zero-order valence-electron chi connectivity index (χ0n) is 12.0. The van der Waals surface area contributed by atoms with Gasteiger partial charge in [-0.1, -0.05) is 13.8 Å². The third-order valence-electron chi connectivity index (χ3n) is 3.64. The first-order chi connectivity index (χ1) is 8.74. The van der Waals surface area contributed by atoms with Gasteiger partial charge in [0.15, 0.2) is 0 Å². The van der Waals surface area contributed by atoms with E-state index in [9.17, 15) is 0 Å². The van der Waals surface area contributed by atoms with Crippen molar-refractivity contribution in [2.24, 2.45) is 0 Å². The van der Waals surface area contributed by atoms with Crippen molar-refractivity contribution >= 4 is 0 Å². The highest BCUT2D eigenvalue weighted by Crippen LogP contribution is 2.29. The molecule has 0 amide bonds. The fourth-order valence-corrected chi connectivity index (χ4v) is 2.38. The molecule has 1 aromatic rings. The zero-order chi connectivity index (χ0) is 13.0. The standard InChI is InChI=1S/C15H26N2O/c1-4-8-16-10-15-9-13(12(3)18-15)11-17(5-2)14-6-7-14/h9,14,16H,4-8,10-11H2,1-3H3. The Balaban J connectivity index is 1.91. The lowest BCUT2D eigenvalue weighted by molar-refractivity contribution is 0.267. The Labute approximate surface area is 111 Å². The highest BCUT2D eigenvalue weighted by atomic mass is 16.3. The smallest absolute Gasteiger partial charge is 0.118 e. The Morgan fingerprint density at radius 3 is 2.78 bits per heavy atom. The molecule has 1 N–H and O–H groups in total. The van der Waals surface area contributed by atoms with Gasteiger partial charge in [-0.2, -0.15) is 0 Å². The molecule has 0 saturated heterocycles. The fraction of sp³-hybridized carbons (Fsp3) is 0.733. The molecule has 0 aliphatic heterocycles. The van der Waals surface area contributed by atoms with Crippen LogP contribution < -0.4 is 5.32 Å². The van der Waals surface area contributed by atoms with Crippen molar-refractivity contribution in [3.8, 4) is 0 Å². The number of nitrogens with zero attached hydrogens (tertiary/aromatic N) is 1. The summed E-state index contributed by atoms with van der Waals surface area (Å²) in [6.07, 6.45) is 3.91. The minimum Gasteiger partial charge on any atom is -0.465 e. The van der Waals surface area contributed by atoms with Crippen molar-refractivity contribution in [3.05, 3.63) is 23.2 Å². The number of aryl methyl sites for hydroxylation is 1. The summed E-state index contributed by atoms with van der Waals surface area (Å²) < 4.78 is 5.82. The second-order valence-corrected chi connectivity index (χ2v) is 5.27. The molecular formula is C15H26N2O. The van der Waals surface area contributed by atoms with Gasteiger partial charge in [-0.15, -0.1) is 0 Å². The summed E-state index contributed by atoms with van der Waals surface area (Å²) >= 11 is 0. The van der Waals surface area contributed by atoms with Gasteiger partial charge in [0.1, 0.15) is 11.5 Å². The summed E-state index contributed by atoms with van der Waals surface area (Å²) in [5.74, 6) is 2.16. The van der Waals surface area contributed by atoms with Gasteiger partial charge in [0, 0.05) is 18.2 Å². The van der Waals surface area contributed by atoms with E-state index < -0.39 is 0 Å². The van der Waals surface area contributed by atoms with Crippen molar-refractivity contribution in [2.75, 3.05) is 13.1 Å². The van der Waals surface area contributed by atoms with Gasteiger partial charge in [0.05, 0.1) is 6.54 Å². The van der Waals surface area contributed by atoms with Crippen molar-refractivity contribution in [3.63, 3.8) is 0 Å². The van der Waals surface area contributed by atoms with Crippen molar-refractivity contribution in [2.45, 2.75) is 59.2 Å². The van der Waals surface area contributed by atoms with Gasteiger partial charge in [0.2, 0.25) is 0 Å². The van der Waals surface area contributed by atoms with Crippen molar-refractivity contribution < 1.29 is 4.42 Å². The Kier molecular flexibility index (Phi) is 4.84. The average molecular weight is 250 g/mol. The largest absolute Gasteiger partial charge is 0.465 e. The molecule has 1 aliphatic carbocycles. The van der Waals surface area contributed by atoms with Crippen LogP contribution >= 0.6 is 0 Å². The first-order valence-electron chi connectivity index (χ1n) is 7.27. The Morgan fingerprint density at radius 1 is 1.39 bits per heavy atom. The van der Waals surface area contributed by atoms with E-state index in [0.29, 0.717) is 0 Å². The van der Waals surface area contributed by atoms with E-state index in [-0.39, 0.29) is 0 Å². The van der Waals surface area contributed by atoms with Crippen molar-refractivity contribution in [1.82, 2.24) is 10.2 Å². The molecule has 18 heavy (non-hydrogen) atoms. The summed E-state index contributed by atoms with van der Waals surface area (Å²) in [5.41, 5.74) is 1.36. The monoisotopic (exact) mass is 250 g/mol. The molecule has 1 aromatic heterocycles. The number of furan rings is 1. The van der Waals surface area contributed by atoms with Crippen LogP contribution in [0.1, 0.15) is 50.2 Å². The molecule has 0 atom stereocenters. The summed E-state index contributed by atoms with van der Waals surface area (Å²) in [4.78, 5) is 2.56. The molecule has 2 rings (SSSR count). The first-order valence-corrected chi connectivity index (χ1v) is 7.27. The summed E-state index contributed by atoms with van der Waals surface area (Å²) in [5, 5.41) is 3.39. The highest BCUT2D eigenvalue weighted by Gasteiger charge is 2.28. The quantitative estimate of drug-likeness (QED) is 0.719. The van der Waals surface area contributed by atoms with Gasteiger partial charge in [0.25, 0.3) is 0 Å². The second-order valence-electron chi connectivity index (χ2n) is 5.27. The van der Waals surface area contributed by atoms with E-state index in [0.717, 1.165) is 50.2 Å². The van der Waals surface area contributed by atoms with E-state index in [1.165, 1.54) is 18.4 Å². The third-order valence-corrected chi connectivity index (χ3v) is 3.64. The normalized spacial score (nSPS) is 15.6. The van der Waals surface area contributed by atoms with Crippen LogP contribution in [-0.4, -0.2) is 24.0 Å². The molecule has 0 bridgehead atoms. The highest BCUT2D eigenvalue weighted by molar-refractivity contribution is 5.21. The van der Waals surface area contributed by atoms with Crippen LogP contribution in [0.25, 0.3) is 0 Å². The van der Waals surface area contributed by atoms with Gasteiger partial charge in [-0.3, -0.25) is 4.90 Å². The maximum atomic E-state index is 5.82. The number of nitrogens with one attached hydrogen (secondary N) is 1. The maximum Gasteiger partial charge on any atom is 0.118 e. The van der Waals surface area contributed by atoms with E-state index in [1.807, 2.05) is 0 Å². The minimum absolute atomic E-state index is 0.825. The van der Waals surface area contributed by atoms with Gasteiger partial charge < -0.3 is 9.73 Å². The Morgan fingerprint density at radius 2 is 2.17 bits per heavy atom. The summed E-state index contributed by atoms with van der Waals surface area (Å²) in [6, 6.07) is 3.05. The van der Waals surface area contributed by atoms with Gasteiger partial charge in [-0.25, -0.2) is 0 Å². The van der Waals surface area contributed by atoms with Crippen molar-refractivity contribution in [1.29, 1.82) is 0 Å². The molecular weight excluding hydrogens is 224 g/mol. The molecule has 1 saturated carbocycles.